The first kappa shape index (κ1) is 8.04. The molecule has 0 nitrogen and oxygen atoms in total. The largest absolute Gasteiger partial charge is 0.120 e. The minimum absolute atomic E-state index is 0.690. The van der Waals surface area contributed by atoms with Gasteiger partial charge in [0, 0.05) is 12.3 Å². The van der Waals surface area contributed by atoms with Gasteiger partial charge in [0.05, 0.1) is 0 Å². The molecule has 0 rings (SSSR count). The number of terminal acetylenes is 1. The quantitative estimate of drug-likeness (QED) is 0.393. The van der Waals surface area contributed by atoms with Crippen LogP contribution in [0.3, 0.4) is 0 Å². The van der Waals surface area contributed by atoms with E-state index >= 15 is 0 Å². The van der Waals surface area contributed by atoms with Crippen LogP contribution >= 0.6 is 0 Å². The molecule has 0 aliphatic heterocycles. The van der Waals surface area contributed by atoms with E-state index in [0.717, 1.165) is 12.3 Å². The zero-order valence-electron chi connectivity index (χ0n) is 5.56. The van der Waals surface area contributed by atoms with Gasteiger partial charge in [-0.15, -0.1) is 25.5 Å². The molecule has 0 aromatic rings. The van der Waals surface area contributed by atoms with E-state index in [1.807, 2.05) is 6.08 Å². The molecule has 47 valence electrons. The van der Waals surface area contributed by atoms with Crippen molar-refractivity contribution in [1.82, 2.24) is 0 Å². The summed E-state index contributed by atoms with van der Waals surface area (Å²) < 4.78 is 0. The van der Waals surface area contributed by atoms with Crippen LogP contribution in [-0.4, -0.2) is 0 Å². The van der Waals surface area contributed by atoms with Gasteiger partial charge in [-0.25, -0.2) is 0 Å². The fraction of sp³-hybridized carbons (Fsp3) is 0.222. The number of hydrogen-bond acceptors (Lipinski definition) is 0. The standard InChI is InChI=1S/C9H11/c1-4-7-9(6-3)8-5-2/h1,5-6H,2-3,7-8H2. The molecule has 0 spiro atoms. The summed E-state index contributed by atoms with van der Waals surface area (Å²) in [6.45, 7) is 7.21. The molecule has 0 aliphatic rings. The molecule has 0 saturated carbocycles. The van der Waals surface area contributed by atoms with Crippen LogP contribution in [0.2, 0.25) is 0 Å². The van der Waals surface area contributed by atoms with Gasteiger partial charge in [-0.05, 0) is 6.42 Å². The van der Waals surface area contributed by atoms with Crippen LogP contribution in [-0.2, 0) is 0 Å². The zero-order valence-corrected chi connectivity index (χ0v) is 5.56. The van der Waals surface area contributed by atoms with Crippen LogP contribution in [0.25, 0.3) is 0 Å². The Kier molecular flexibility index (Phi) is 4.63. The molecule has 0 saturated heterocycles. The lowest BCUT2D eigenvalue weighted by atomic mass is 10.0. The average Bonchev–Trinajstić information content (AvgIpc) is 1.88. The maximum atomic E-state index is 5.08. The number of allylic oxidation sites excluding steroid dienone is 2. The van der Waals surface area contributed by atoms with E-state index in [4.69, 9.17) is 6.42 Å². The summed E-state index contributed by atoms with van der Waals surface area (Å²) >= 11 is 0. The highest BCUT2D eigenvalue weighted by molar-refractivity contribution is 5.15. The molecule has 0 amide bonds. The molecule has 0 atom stereocenters. The molecule has 0 bridgehead atoms. The van der Waals surface area contributed by atoms with Crippen molar-refractivity contribution in [2.75, 3.05) is 0 Å². The zero-order chi connectivity index (χ0) is 7.11. The first-order chi connectivity index (χ1) is 4.35. The molecule has 0 aromatic heterocycles. The fourth-order valence-electron chi connectivity index (χ4n) is 0.544. The number of hydrogen-bond donors (Lipinski definition) is 0. The maximum absolute atomic E-state index is 5.08. The second kappa shape index (κ2) is 5.18. The lowest BCUT2D eigenvalue weighted by Gasteiger charge is -2.01. The van der Waals surface area contributed by atoms with Crippen molar-refractivity contribution >= 4 is 0 Å². The van der Waals surface area contributed by atoms with Crippen LogP contribution in [0.15, 0.2) is 25.3 Å². The summed E-state index contributed by atoms with van der Waals surface area (Å²) in [4.78, 5) is 0. The molecule has 0 fully saturated rings. The van der Waals surface area contributed by atoms with E-state index < -0.39 is 0 Å². The smallest absolute Gasteiger partial charge is 0.0189 e. The highest BCUT2D eigenvalue weighted by Crippen LogP contribution is 2.10. The molecule has 0 aromatic carbocycles. The van der Waals surface area contributed by atoms with Crippen LogP contribution < -0.4 is 0 Å². The predicted molar refractivity (Wildman–Crippen MR) is 41.7 cm³/mol. The molecule has 0 heterocycles. The lowest BCUT2D eigenvalue weighted by Crippen LogP contribution is -1.87. The Hall–Kier alpha value is -0.960. The van der Waals surface area contributed by atoms with Crippen molar-refractivity contribution in [3.8, 4) is 12.3 Å². The Morgan fingerprint density at radius 2 is 2.22 bits per heavy atom. The van der Waals surface area contributed by atoms with E-state index in [0.29, 0.717) is 6.42 Å². The molecule has 0 unspecified atom stereocenters. The van der Waals surface area contributed by atoms with Crippen LogP contribution in [0.1, 0.15) is 12.8 Å². The molecule has 0 aliphatic carbocycles. The highest BCUT2D eigenvalue weighted by Gasteiger charge is 1.97. The van der Waals surface area contributed by atoms with Gasteiger partial charge in [-0.2, -0.15) is 0 Å². The van der Waals surface area contributed by atoms with Crippen LogP contribution in [0, 0.1) is 18.3 Å². The van der Waals surface area contributed by atoms with Crippen molar-refractivity contribution < 1.29 is 0 Å². The third kappa shape index (κ3) is 3.61. The maximum Gasteiger partial charge on any atom is 0.0189 e. The summed E-state index contributed by atoms with van der Waals surface area (Å²) in [6.07, 6.45) is 10.2. The molecule has 9 heavy (non-hydrogen) atoms. The number of rotatable bonds is 4. The van der Waals surface area contributed by atoms with Gasteiger partial charge in [-0.3, -0.25) is 0 Å². The van der Waals surface area contributed by atoms with Crippen molar-refractivity contribution in [2.24, 2.45) is 0 Å². The van der Waals surface area contributed by atoms with Gasteiger partial charge in [0.1, 0.15) is 0 Å². The third-order valence-corrected chi connectivity index (χ3v) is 1.02. The second-order valence-electron chi connectivity index (χ2n) is 1.74. The summed E-state index contributed by atoms with van der Waals surface area (Å²) in [5.41, 5.74) is 0. The van der Waals surface area contributed by atoms with E-state index in [2.05, 4.69) is 19.1 Å². The van der Waals surface area contributed by atoms with Crippen molar-refractivity contribution in [1.29, 1.82) is 0 Å². The minimum Gasteiger partial charge on any atom is -0.120 e. The molecular formula is C9H11. The SMILES string of the molecule is C#CC[C](C=C)CC=C. The molecular weight excluding hydrogens is 108 g/mol. The lowest BCUT2D eigenvalue weighted by molar-refractivity contribution is 1.00. The van der Waals surface area contributed by atoms with Gasteiger partial charge < -0.3 is 0 Å². The Bertz CT molecular complexity index is 125. The van der Waals surface area contributed by atoms with Gasteiger partial charge in [0.25, 0.3) is 0 Å². The van der Waals surface area contributed by atoms with Crippen molar-refractivity contribution in [3.05, 3.63) is 31.2 Å². The first-order valence-corrected chi connectivity index (χ1v) is 2.86. The first-order valence-electron chi connectivity index (χ1n) is 2.86. The van der Waals surface area contributed by atoms with Gasteiger partial charge >= 0.3 is 0 Å². The Morgan fingerprint density at radius 3 is 2.56 bits per heavy atom. The fourth-order valence-corrected chi connectivity index (χ4v) is 0.544. The summed E-state index contributed by atoms with van der Waals surface area (Å²) in [7, 11) is 0. The topological polar surface area (TPSA) is 0 Å². The van der Waals surface area contributed by atoms with E-state index in [-0.39, 0.29) is 0 Å². The Morgan fingerprint density at radius 1 is 1.56 bits per heavy atom. The van der Waals surface area contributed by atoms with Gasteiger partial charge in [-0.1, -0.05) is 12.2 Å². The summed E-state index contributed by atoms with van der Waals surface area (Å²) in [6, 6.07) is 0. The molecule has 0 N–H and O–H groups in total. The molecule has 0 heteroatoms. The predicted octanol–water partition coefficient (Wildman–Crippen LogP) is 2.35. The van der Waals surface area contributed by atoms with Crippen molar-refractivity contribution in [3.63, 3.8) is 0 Å². The highest BCUT2D eigenvalue weighted by atomic mass is 14.0. The molecule has 1 radical (unpaired) electrons. The third-order valence-electron chi connectivity index (χ3n) is 1.02. The van der Waals surface area contributed by atoms with Crippen molar-refractivity contribution in [2.45, 2.75) is 12.8 Å². The summed E-state index contributed by atoms with van der Waals surface area (Å²) in [5.74, 6) is 3.71. The van der Waals surface area contributed by atoms with Crippen LogP contribution in [0.5, 0.6) is 0 Å². The van der Waals surface area contributed by atoms with E-state index in [1.54, 1.807) is 6.08 Å². The second-order valence-corrected chi connectivity index (χ2v) is 1.74. The Balaban J connectivity index is 3.56. The Labute approximate surface area is 57.3 Å². The monoisotopic (exact) mass is 119 g/mol. The average molecular weight is 119 g/mol. The van der Waals surface area contributed by atoms with Gasteiger partial charge in [0.15, 0.2) is 0 Å². The van der Waals surface area contributed by atoms with Gasteiger partial charge in [0.2, 0.25) is 0 Å². The summed E-state index contributed by atoms with van der Waals surface area (Å²) in [5, 5.41) is 0. The van der Waals surface area contributed by atoms with E-state index in [1.165, 1.54) is 0 Å². The van der Waals surface area contributed by atoms with Crippen LogP contribution in [0.4, 0.5) is 0 Å². The minimum atomic E-state index is 0.690. The van der Waals surface area contributed by atoms with E-state index in [9.17, 15) is 0 Å². The normalized spacial score (nSPS) is 8.44.